The number of hydrogen-bond donors (Lipinski definition) is 2. The average Bonchev–Trinajstić information content (AvgIpc) is 3.15. The van der Waals surface area contributed by atoms with Crippen LogP contribution in [0.25, 0.3) is 10.9 Å². The predicted molar refractivity (Wildman–Crippen MR) is 89.3 cm³/mol. The third-order valence-corrected chi connectivity index (χ3v) is 3.68. The number of urea groups is 1. The maximum atomic E-state index is 12.1. The summed E-state index contributed by atoms with van der Waals surface area (Å²) in [5.74, 6) is 0. The first-order valence-electron chi connectivity index (χ1n) is 7.64. The van der Waals surface area contributed by atoms with Crippen molar-refractivity contribution in [2.24, 2.45) is 0 Å². The molecule has 2 heterocycles. The number of aromatic nitrogens is 4. The van der Waals surface area contributed by atoms with E-state index in [1.54, 1.807) is 11.0 Å². The molecule has 0 saturated carbocycles. The van der Waals surface area contributed by atoms with Gasteiger partial charge in [0.05, 0.1) is 12.1 Å². The van der Waals surface area contributed by atoms with Gasteiger partial charge in [0.25, 0.3) is 0 Å². The van der Waals surface area contributed by atoms with Gasteiger partial charge in [-0.1, -0.05) is 6.07 Å². The van der Waals surface area contributed by atoms with Gasteiger partial charge in [-0.05, 0) is 37.4 Å². The molecular weight excluding hydrogens is 292 g/mol. The zero-order valence-corrected chi connectivity index (χ0v) is 13.2. The van der Waals surface area contributed by atoms with E-state index in [1.165, 1.54) is 6.33 Å². The Balaban J connectivity index is 1.63. The molecule has 2 N–H and O–H groups in total. The van der Waals surface area contributed by atoms with Gasteiger partial charge in [0.15, 0.2) is 0 Å². The highest BCUT2D eigenvalue weighted by atomic mass is 16.2. The molecule has 0 aliphatic rings. The number of rotatable bonds is 5. The molecule has 1 unspecified atom stereocenters. The predicted octanol–water partition coefficient (Wildman–Crippen LogP) is 2.46. The van der Waals surface area contributed by atoms with Crippen LogP contribution in [0.15, 0.2) is 43.1 Å². The molecule has 1 aromatic carbocycles. The van der Waals surface area contributed by atoms with E-state index in [1.807, 2.05) is 25.1 Å². The fraction of sp³-hybridized carbons (Fsp3) is 0.312. The van der Waals surface area contributed by atoms with Crippen LogP contribution in [0.1, 0.15) is 13.8 Å². The number of carbonyl (C=O) groups excluding carboxylic acids is 1. The van der Waals surface area contributed by atoms with Gasteiger partial charge in [-0.15, -0.1) is 0 Å². The first-order chi connectivity index (χ1) is 11.2. The summed E-state index contributed by atoms with van der Waals surface area (Å²) in [6.45, 7) is 5.49. The molecule has 0 bridgehead atoms. The summed E-state index contributed by atoms with van der Waals surface area (Å²) in [7, 11) is 0. The van der Waals surface area contributed by atoms with Gasteiger partial charge in [0.1, 0.15) is 12.7 Å². The largest absolute Gasteiger partial charge is 0.348 e. The molecule has 2 aromatic heterocycles. The first kappa shape index (κ1) is 15.1. The van der Waals surface area contributed by atoms with Gasteiger partial charge >= 0.3 is 6.03 Å². The van der Waals surface area contributed by atoms with Crippen molar-refractivity contribution in [2.45, 2.75) is 33.0 Å². The fourth-order valence-corrected chi connectivity index (χ4v) is 2.58. The minimum absolute atomic E-state index is 0.0556. The summed E-state index contributed by atoms with van der Waals surface area (Å²) in [6, 6.07) is 7.69. The molecule has 2 amide bonds. The monoisotopic (exact) mass is 312 g/mol. The smallest absolute Gasteiger partial charge is 0.319 e. The lowest BCUT2D eigenvalue weighted by Crippen LogP contribution is -2.38. The van der Waals surface area contributed by atoms with Gasteiger partial charge < -0.3 is 15.2 Å². The molecule has 0 aliphatic carbocycles. The third kappa shape index (κ3) is 3.50. The number of nitrogens with one attached hydrogen (secondary N) is 2. The van der Waals surface area contributed by atoms with Crippen molar-refractivity contribution in [1.82, 2.24) is 24.6 Å². The van der Waals surface area contributed by atoms with Crippen LogP contribution >= 0.6 is 0 Å². The van der Waals surface area contributed by atoms with Crippen LogP contribution in [0, 0.1) is 0 Å². The number of amides is 2. The van der Waals surface area contributed by atoms with Crippen molar-refractivity contribution in [2.75, 3.05) is 5.32 Å². The summed E-state index contributed by atoms with van der Waals surface area (Å²) in [6.07, 6.45) is 5.16. The number of benzene rings is 1. The lowest BCUT2D eigenvalue weighted by atomic mass is 10.2. The fourth-order valence-electron chi connectivity index (χ4n) is 2.58. The van der Waals surface area contributed by atoms with Crippen LogP contribution < -0.4 is 10.6 Å². The van der Waals surface area contributed by atoms with Gasteiger partial charge in [0, 0.05) is 24.5 Å². The Labute approximate surface area is 134 Å². The average molecular weight is 312 g/mol. The molecule has 3 aromatic rings. The molecule has 3 rings (SSSR count). The summed E-state index contributed by atoms with van der Waals surface area (Å²) in [5.41, 5.74) is 1.89. The zero-order valence-electron chi connectivity index (χ0n) is 13.2. The Morgan fingerprint density at radius 2 is 2.22 bits per heavy atom. The van der Waals surface area contributed by atoms with Crippen molar-refractivity contribution >= 4 is 22.6 Å². The maximum Gasteiger partial charge on any atom is 0.319 e. The number of nitrogens with zero attached hydrogens (tertiary/aromatic N) is 4. The number of fused-ring (bicyclic) bond motifs is 1. The molecule has 0 saturated heterocycles. The molecule has 1 atom stereocenters. The van der Waals surface area contributed by atoms with Crippen LogP contribution in [-0.4, -0.2) is 31.4 Å². The quantitative estimate of drug-likeness (QED) is 0.760. The van der Waals surface area contributed by atoms with Crippen LogP contribution in [0.4, 0.5) is 10.5 Å². The van der Waals surface area contributed by atoms with Gasteiger partial charge in [-0.2, -0.15) is 5.10 Å². The molecule has 0 aliphatic heterocycles. The SMILES string of the molecule is CCn1ccc2ccc(NC(=O)NC(C)Cn3cncn3)cc21. The second kappa shape index (κ2) is 6.51. The Kier molecular flexibility index (Phi) is 4.27. The van der Waals surface area contributed by atoms with Crippen molar-refractivity contribution in [3.63, 3.8) is 0 Å². The van der Waals surface area contributed by atoms with Crippen LogP contribution in [0.2, 0.25) is 0 Å². The van der Waals surface area contributed by atoms with E-state index >= 15 is 0 Å². The van der Waals surface area contributed by atoms with Crippen molar-refractivity contribution in [1.29, 1.82) is 0 Å². The highest BCUT2D eigenvalue weighted by molar-refractivity contribution is 5.92. The Morgan fingerprint density at radius 3 is 2.96 bits per heavy atom. The van der Waals surface area contributed by atoms with Crippen molar-refractivity contribution in [3.05, 3.63) is 43.1 Å². The van der Waals surface area contributed by atoms with E-state index in [-0.39, 0.29) is 12.1 Å². The lowest BCUT2D eigenvalue weighted by molar-refractivity contribution is 0.247. The number of carbonyl (C=O) groups is 1. The van der Waals surface area contributed by atoms with Crippen molar-refractivity contribution < 1.29 is 4.79 Å². The Hall–Kier alpha value is -2.83. The van der Waals surface area contributed by atoms with E-state index in [0.717, 1.165) is 23.1 Å². The highest BCUT2D eigenvalue weighted by Gasteiger charge is 2.09. The van der Waals surface area contributed by atoms with Crippen molar-refractivity contribution in [3.8, 4) is 0 Å². The summed E-state index contributed by atoms with van der Waals surface area (Å²) >= 11 is 0. The van der Waals surface area contributed by atoms with Crippen LogP contribution in [0.5, 0.6) is 0 Å². The highest BCUT2D eigenvalue weighted by Crippen LogP contribution is 2.20. The first-order valence-corrected chi connectivity index (χ1v) is 7.64. The number of anilines is 1. The minimum atomic E-state index is -0.230. The summed E-state index contributed by atoms with van der Waals surface area (Å²) in [5, 5.41) is 11.0. The number of aryl methyl sites for hydroxylation is 1. The molecule has 0 spiro atoms. The molecule has 0 radical (unpaired) electrons. The molecule has 23 heavy (non-hydrogen) atoms. The van der Waals surface area contributed by atoms with Gasteiger partial charge in [0.2, 0.25) is 0 Å². The van der Waals surface area contributed by atoms with Crippen LogP contribution in [0.3, 0.4) is 0 Å². The van der Waals surface area contributed by atoms with E-state index in [0.29, 0.717) is 6.54 Å². The Bertz CT molecular complexity index is 792. The summed E-state index contributed by atoms with van der Waals surface area (Å²) < 4.78 is 3.83. The van der Waals surface area contributed by atoms with E-state index in [2.05, 4.69) is 44.5 Å². The van der Waals surface area contributed by atoms with Gasteiger partial charge in [-0.3, -0.25) is 4.68 Å². The number of hydrogen-bond acceptors (Lipinski definition) is 3. The second-order valence-electron chi connectivity index (χ2n) is 5.49. The lowest BCUT2D eigenvalue weighted by Gasteiger charge is -2.14. The minimum Gasteiger partial charge on any atom is -0.348 e. The third-order valence-electron chi connectivity index (χ3n) is 3.68. The zero-order chi connectivity index (χ0) is 16.2. The topological polar surface area (TPSA) is 76.8 Å². The second-order valence-corrected chi connectivity index (χ2v) is 5.49. The molecule has 120 valence electrons. The van der Waals surface area contributed by atoms with Gasteiger partial charge in [-0.25, -0.2) is 9.78 Å². The normalized spacial score (nSPS) is 12.3. The van der Waals surface area contributed by atoms with E-state index < -0.39 is 0 Å². The molecule has 7 nitrogen and oxygen atoms in total. The standard InChI is InChI=1S/C16H20N6O/c1-3-21-7-6-13-4-5-14(8-15(13)21)20-16(23)19-12(2)9-22-11-17-10-18-22/h4-8,10-12H,3,9H2,1-2H3,(H2,19,20,23). The van der Waals surface area contributed by atoms with E-state index in [9.17, 15) is 4.79 Å². The van der Waals surface area contributed by atoms with Crippen LogP contribution in [-0.2, 0) is 13.1 Å². The molecule has 0 fully saturated rings. The Morgan fingerprint density at radius 1 is 1.35 bits per heavy atom. The van der Waals surface area contributed by atoms with E-state index in [4.69, 9.17) is 0 Å². The summed E-state index contributed by atoms with van der Waals surface area (Å²) in [4.78, 5) is 16.0. The molecule has 7 heteroatoms. The molecular formula is C16H20N6O. The maximum absolute atomic E-state index is 12.1.